The smallest absolute Gasteiger partial charge is 0.257 e. The predicted octanol–water partition coefficient (Wildman–Crippen LogP) is 2.37. The number of carbonyl (C=O) groups is 1. The molecule has 0 radical (unpaired) electrons. The van der Waals surface area contributed by atoms with E-state index in [4.69, 9.17) is 4.74 Å². The second kappa shape index (κ2) is 7.09. The van der Waals surface area contributed by atoms with Crippen LogP contribution in [0, 0.1) is 20.8 Å². The summed E-state index contributed by atoms with van der Waals surface area (Å²) in [5.74, 6) is 1.57. The van der Waals surface area contributed by atoms with Gasteiger partial charge in [-0.1, -0.05) is 6.07 Å². The molecule has 1 aliphatic heterocycles. The standard InChI is InChI=1S/C19H24N4O2/c1-13-5-6-16(17(11-13)25-4)19(24)23-9-7-22(8-10-23)18-15(3)20-12-14(2)21-18/h5-6,11-12H,7-10H2,1-4H3. The van der Waals surface area contributed by atoms with Gasteiger partial charge in [0, 0.05) is 32.4 Å². The van der Waals surface area contributed by atoms with E-state index in [-0.39, 0.29) is 5.91 Å². The number of carbonyl (C=O) groups excluding carboxylic acids is 1. The van der Waals surface area contributed by atoms with Gasteiger partial charge in [0.25, 0.3) is 5.91 Å². The van der Waals surface area contributed by atoms with Crippen LogP contribution in [0.3, 0.4) is 0 Å². The average molecular weight is 340 g/mol. The zero-order valence-electron chi connectivity index (χ0n) is 15.2. The molecule has 6 nitrogen and oxygen atoms in total. The van der Waals surface area contributed by atoms with Crippen molar-refractivity contribution in [2.24, 2.45) is 0 Å². The molecule has 1 saturated heterocycles. The van der Waals surface area contributed by atoms with Crippen LogP contribution in [-0.2, 0) is 0 Å². The molecule has 0 bridgehead atoms. The van der Waals surface area contributed by atoms with Gasteiger partial charge in [0.1, 0.15) is 11.6 Å². The fourth-order valence-electron chi connectivity index (χ4n) is 3.09. The van der Waals surface area contributed by atoms with E-state index in [1.807, 2.05) is 43.9 Å². The Hall–Kier alpha value is -2.63. The number of ether oxygens (including phenoxy) is 1. The number of hydrogen-bond acceptors (Lipinski definition) is 5. The number of anilines is 1. The van der Waals surface area contributed by atoms with Crippen LogP contribution in [0.4, 0.5) is 5.82 Å². The van der Waals surface area contributed by atoms with Gasteiger partial charge in [-0.3, -0.25) is 9.78 Å². The van der Waals surface area contributed by atoms with Crippen molar-refractivity contribution in [3.63, 3.8) is 0 Å². The van der Waals surface area contributed by atoms with Crippen LogP contribution < -0.4 is 9.64 Å². The van der Waals surface area contributed by atoms with Crippen LogP contribution in [0.5, 0.6) is 5.75 Å². The van der Waals surface area contributed by atoms with Gasteiger partial charge in [-0.05, 0) is 38.5 Å². The zero-order valence-corrected chi connectivity index (χ0v) is 15.2. The third kappa shape index (κ3) is 3.57. The molecule has 132 valence electrons. The molecule has 6 heteroatoms. The minimum atomic E-state index is 0.0172. The highest BCUT2D eigenvalue weighted by atomic mass is 16.5. The first-order valence-electron chi connectivity index (χ1n) is 8.48. The lowest BCUT2D eigenvalue weighted by Crippen LogP contribution is -2.49. The minimum absolute atomic E-state index is 0.0172. The van der Waals surface area contributed by atoms with E-state index >= 15 is 0 Å². The molecule has 1 amide bonds. The number of piperazine rings is 1. The van der Waals surface area contributed by atoms with Crippen LogP contribution in [0.15, 0.2) is 24.4 Å². The van der Waals surface area contributed by atoms with E-state index in [0.717, 1.165) is 35.9 Å². The number of aryl methyl sites for hydroxylation is 3. The normalized spacial score (nSPS) is 14.6. The van der Waals surface area contributed by atoms with E-state index in [2.05, 4.69) is 14.9 Å². The monoisotopic (exact) mass is 340 g/mol. The van der Waals surface area contributed by atoms with Crippen LogP contribution in [0.2, 0.25) is 0 Å². The molecular weight excluding hydrogens is 316 g/mol. The number of amides is 1. The summed E-state index contributed by atoms with van der Waals surface area (Å²) in [5.41, 5.74) is 3.52. The van der Waals surface area contributed by atoms with Gasteiger partial charge >= 0.3 is 0 Å². The number of aromatic nitrogens is 2. The zero-order chi connectivity index (χ0) is 18.0. The third-order valence-corrected chi connectivity index (χ3v) is 4.50. The molecule has 1 aromatic heterocycles. The lowest BCUT2D eigenvalue weighted by Gasteiger charge is -2.36. The Labute approximate surface area is 148 Å². The lowest BCUT2D eigenvalue weighted by atomic mass is 10.1. The molecule has 0 atom stereocenters. The van der Waals surface area contributed by atoms with Gasteiger partial charge in [0.15, 0.2) is 0 Å². The molecule has 2 heterocycles. The number of rotatable bonds is 3. The molecule has 1 aromatic carbocycles. The highest BCUT2D eigenvalue weighted by Gasteiger charge is 2.25. The number of hydrogen-bond donors (Lipinski definition) is 0. The molecule has 0 saturated carbocycles. The summed E-state index contributed by atoms with van der Waals surface area (Å²) in [7, 11) is 1.60. The first-order chi connectivity index (χ1) is 12.0. The highest BCUT2D eigenvalue weighted by molar-refractivity contribution is 5.97. The van der Waals surface area contributed by atoms with E-state index in [9.17, 15) is 4.79 Å². The van der Waals surface area contributed by atoms with E-state index in [0.29, 0.717) is 24.4 Å². The van der Waals surface area contributed by atoms with Crippen LogP contribution in [-0.4, -0.2) is 54.1 Å². The van der Waals surface area contributed by atoms with Gasteiger partial charge < -0.3 is 14.5 Å². The molecule has 1 fully saturated rings. The van der Waals surface area contributed by atoms with Crippen molar-refractivity contribution >= 4 is 11.7 Å². The largest absolute Gasteiger partial charge is 0.496 e. The summed E-state index contributed by atoms with van der Waals surface area (Å²) < 4.78 is 5.38. The second-order valence-corrected chi connectivity index (χ2v) is 6.40. The molecular formula is C19H24N4O2. The fraction of sp³-hybridized carbons (Fsp3) is 0.421. The van der Waals surface area contributed by atoms with E-state index < -0.39 is 0 Å². The first-order valence-corrected chi connectivity index (χ1v) is 8.48. The average Bonchev–Trinajstić information content (AvgIpc) is 2.63. The number of benzene rings is 1. The molecule has 0 N–H and O–H groups in total. The number of nitrogens with zero attached hydrogens (tertiary/aromatic N) is 4. The Bertz CT molecular complexity index is 783. The van der Waals surface area contributed by atoms with Gasteiger partial charge in [-0.15, -0.1) is 0 Å². The van der Waals surface area contributed by atoms with Crippen molar-refractivity contribution in [2.45, 2.75) is 20.8 Å². The highest BCUT2D eigenvalue weighted by Crippen LogP contribution is 2.23. The Balaban J connectivity index is 1.72. The molecule has 0 unspecified atom stereocenters. The van der Waals surface area contributed by atoms with Gasteiger partial charge in [0.05, 0.1) is 24.1 Å². The van der Waals surface area contributed by atoms with Crippen molar-refractivity contribution in [3.8, 4) is 5.75 Å². The van der Waals surface area contributed by atoms with Crippen molar-refractivity contribution in [3.05, 3.63) is 46.9 Å². The summed E-state index contributed by atoms with van der Waals surface area (Å²) in [5, 5.41) is 0. The topological polar surface area (TPSA) is 58.6 Å². The maximum Gasteiger partial charge on any atom is 0.257 e. The second-order valence-electron chi connectivity index (χ2n) is 6.40. The van der Waals surface area contributed by atoms with Gasteiger partial charge in [-0.2, -0.15) is 0 Å². The summed E-state index contributed by atoms with van der Waals surface area (Å²) >= 11 is 0. The van der Waals surface area contributed by atoms with Crippen LogP contribution in [0.25, 0.3) is 0 Å². The quantitative estimate of drug-likeness (QED) is 0.858. The third-order valence-electron chi connectivity index (χ3n) is 4.50. The summed E-state index contributed by atoms with van der Waals surface area (Å²) in [6, 6.07) is 5.69. The SMILES string of the molecule is COc1cc(C)ccc1C(=O)N1CCN(c2nc(C)cnc2C)CC1. The molecule has 3 rings (SSSR count). The first kappa shape index (κ1) is 17.2. The summed E-state index contributed by atoms with van der Waals surface area (Å²) in [4.78, 5) is 25.9. The summed E-state index contributed by atoms with van der Waals surface area (Å²) in [6.07, 6.45) is 1.78. The van der Waals surface area contributed by atoms with Crippen molar-refractivity contribution in [1.82, 2.24) is 14.9 Å². The van der Waals surface area contributed by atoms with E-state index in [1.165, 1.54) is 0 Å². The van der Waals surface area contributed by atoms with Crippen LogP contribution in [0.1, 0.15) is 27.3 Å². The van der Waals surface area contributed by atoms with E-state index in [1.54, 1.807) is 13.3 Å². The van der Waals surface area contributed by atoms with Gasteiger partial charge in [-0.25, -0.2) is 4.98 Å². The number of methoxy groups -OCH3 is 1. The van der Waals surface area contributed by atoms with Crippen molar-refractivity contribution in [1.29, 1.82) is 0 Å². The molecule has 0 aliphatic carbocycles. The molecule has 25 heavy (non-hydrogen) atoms. The summed E-state index contributed by atoms with van der Waals surface area (Å²) in [6.45, 7) is 8.71. The predicted molar refractivity (Wildman–Crippen MR) is 97.4 cm³/mol. The fourth-order valence-corrected chi connectivity index (χ4v) is 3.09. The Morgan fingerprint density at radius 1 is 1.12 bits per heavy atom. The molecule has 2 aromatic rings. The van der Waals surface area contributed by atoms with Crippen molar-refractivity contribution in [2.75, 3.05) is 38.2 Å². The minimum Gasteiger partial charge on any atom is -0.496 e. The molecule has 1 aliphatic rings. The lowest BCUT2D eigenvalue weighted by molar-refractivity contribution is 0.0743. The molecule has 0 spiro atoms. The van der Waals surface area contributed by atoms with Crippen molar-refractivity contribution < 1.29 is 9.53 Å². The Kier molecular flexibility index (Phi) is 4.88. The van der Waals surface area contributed by atoms with Gasteiger partial charge in [0.2, 0.25) is 0 Å². The maximum atomic E-state index is 12.9. The van der Waals surface area contributed by atoms with Crippen LogP contribution >= 0.6 is 0 Å². The maximum absolute atomic E-state index is 12.9. The Morgan fingerprint density at radius 2 is 1.84 bits per heavy atom. The Morgan fingerprint density at radius 3 is 2.52 bits per heavy atom.